The van der Waals surface area contributed by atoms with Gasteiger partial charge in [0.05, 0.1) is 4.88 Å². The van der Waals surface area contributed by atoms with Crippen LogP contribution in [-0.4, -0.2) is 23.9 Å². The van der Waals surface area contributed by atoms with Crippen LogP contribution in [0.5, 0.6) is 0 Å². The molecule has 0 aliphatic heterocycles. The lowest BCUT2D eigenvalue weighted by Crippen LogP contribution is -2.51. The third-order valence-corrected chi connectivity index (χ3v) is 5.27. The van der Waals surface area contributed by atoms with Gasteiger partial charge in [0.2, 0.25) is 0 Å². The van der Waals surface area contributed by atoms with E-state index in [-0.39, 0.29) is 5.91 Å². The van der Waals surface area contributed by atoms with Crippen molar-refractivity contribution in [3.05, 3.63) is 21.4 Å². The summed E-state index contributed by atoms with van der Waals surface area (Å²) in [5.74, 6) is -0.199. The fourth-order valence-electron chi connectivity index (χ4n) is 2.63. The van der Waals surface area contributed by atoms with Crippen molar-refractivity contribution < 1.29 is 14.4 Å². The lowest BCUT2D eigenvalue weighted by Gasteiger charge is -2.19. The summed E-state index contributed by atoms with van der Waals surface area (Å²) in [6.07, 6.45) is 4.34. The van der Waals surface area contributed by atoms with Crippen LogP contribution in [-0.2, 0) is 17.6 Å². The Morgan fingerprint density at radius 3 is 2.78 bits per heavy atom. The summed E-state index contributed by atoms with van der Waals surface area (Å²) in [7, 11) is 0. The fourth-order valence-corrected chi connectivity index (χ4v) is 3.73. The molecular formula is C15H22N4O3S. The third kappa shape index (κ3) is 4.44. The summed E-state index contributed by atoms with van der Waals surface area (Å²) < 4.78 is 0. The largest absolute Gasteiger partial charge is 0.352 e. The second-order valence-electron chi connectivity index (χ2n) is 5.75. The lowest BCUT2D eigenvalue weighted by molar-refractivity contribution is -0.123. The summed E-state index contributed by atoms with van der Waals surface area (Å²) in [6, 6.07) is 0.291. The van der Waals surface area contributed by atoms with Crippen molar-refractivity contribution in [2.75, 3.05) is 0 Å². The van der Waals surface area contributed by atoms with Gasteiger partial charge in [-0.25, -0.2) is 4.79 Å². The van der Waals surface area contributed by atoms with Crippen LogP contribution in [0.3, 0.4) is 0 Å². The van der Waals surface area contributed by atoms with Crippen LogP contribution in [0, 0.1) is 5.92 Å². The molecule has 1 aliphatic carbocycles. The fraction of sp³-hybridized carbons (Fsp3) is 0.533. The van der Waals surface area contributed by atoms with Crippen molar-refractivity contribution in [3.63, 3.8) is 0 Å². The first-order chi connectivity index (χ1) is 10.9. The van der Waals surface area contributed by atoms with E-state index in [9.17, 15) is 14.4 Å². The molecule has 5 N–H and O–H groups in total. The predicted octanol–water partition coefficient (Wildman–Crippen LogP) is 1.08. The zero-order valence-corrected chi connectivity index (χ0v) is 14.1. The Labute approximate surface area is 139 Å². The first-order valence-electron chi connectivity index (χ1n) is 7.68. The summed E-state index contributed by atoms with van der Waals surface area (Å²) in [4.78, 5) is 36.4. The van der Waals surface area contributed by atoms with Crippen LogP contribution >= 0.6 is 11.3 Å². The number of urea groups is 1. The number of aryl methyl sites for hydroxylation is 1. The molecule has 1 aliphatic rings. The van der Waals surface area contributed by atoms with E-state index in [4.69, 9.17) is 5.73 Å². The normalized spacial score (nSPS) is 17.7. The minimum atomic E-state index is -0.824. The highest BCUT2D eigenvalue weighted by Crippen LogP contribution is 2.33. The molecule has 1 aromatic heterocycles. The van der Waals surface area contributed by atoms with Crippen LogP contribution in [0.15, 0.2) is 6.07 Å². The molecule has 2 atom stereocenters. The number of nitrogens with one attached hydrogen (secondary N) is 3. The van der Waals surface area contributed by atoms with Gasteiger partial charge in [-0.1, -0.05) is 13.3 Å². The number of hydrazine groups is 1. The molecule has 8 heteroatoms. The van der Waals surface area contributed by atoms with E-state index in [1.165, 1.54) is 28.7 Å². The van der Waals surface area contributed by atoms with E-state index in [0.717, 1.165) is 25.7 Å². The SMILES string of the molecule is CC[C@@H]1CCc2sc(C(=O)NNC(=O)[C@@H](C)NC(N)=O)cc2C1. The maximum atomic E-state index is 12.1. The average Bonchev–Trinajstić information content (AvgIpc) is 2.94. The van der Waals surface area contributed by atoms with Crippen molar-refractivity contribution in [2.45, 2.75) is 45.6 Å². The molecule has 4 amide bonds. The van der Waals surface area contributed by atoms with E-state index >= 15 is 0 Å². The Morgan fingerprint density at radius 2 is 2.13 bits per heavy atom. The monoisotopic (exact) mass is 338 g/mol. The van der Waals surface area contributed by atoms with Crippen LogP contribution in [0.2, 0.25) is 0 Å². The predicted molar refractivity (Wildman–Crippen MR) is 87.9 cm³/mol. The summed E-state index contributed by atoms with van der Waals surface area (Å²) >= 11 is 1.47. The van der Waals surface area contributed by atoms with Crippen LogP contribution in [0.4, 0.5) is 4.79 Å². The van der Waals surface area contributed by atoms with Crippen molar-refractivity contribution in [1.82, 2.24) is 16.2 Å². The maximum Gasteiger partial charge on any atom is 0.312 e. The van der Waals surface area contributed by atoms with E-state index in [0.29, 0.717) is 10.8 Å². The van der Waals surface area contributed by atoms with Gasteiger partial charge in [0.15, 0.2) is 0 Å². The highest BCUT2D eigenvalue weighted by atomic mass is 32.1. The molecule has 0 aromatic carbocycles. The van der Waals surface area contributed by atoms with Crippen LogP contribution < -0.4 is 21.9 Å². The molecule has 0 saturated carbocycles. The van der Waals surface area contributed by atoms with Gasteiger partial charge in [0.25, 0.3) is 11.8 Å². The highest BCUT2D eigenvalue weighted by Gasteiger charge is 2.22. The zero-order chi connectivity index (χ0) is 17.0. The van der Waals surface area contributed by atoms with E-state index in [2.05, 4.69) is 23.1 Å². The van der Waals surface area contributed by atoms with Crippen LogP contribution in [0.1, 0.15) is 46.8 Å². The number of carbonyl (C=O) groups excluding carboxylic acids is 3. The molecule has 1 heterocycles. The second-order valence-corrected chi connectivity index (χ2v) is 6.89. The summed E-state index contributed by atoms with van der Waals surface area (Å²) in [5, 5.41) is 2.24. The Bertz CT molecular complexity index is 614. The number of hydrogen-bond acceptors (Lipinski definition) is 4. The molecule has 0 radical (unpaired) electrons. The molecule has 0 bridgehead atoms. The Morgan fingerprint density at radius 1 is 1.39 bits per heavy atom. The molecule has 7 nitrogen and oxygen atoms in total. The lowest BCUT2D eigenvalue weighted by atomic mass is 9.87. The van der Waals surface area contributed by atoms with E-state index in [1.807, 2.05) is 6.07 Å². The zero-order valence-electron chi connectivity index (χ0n) is 13.3. The number of primary amides is 1. The number of hydrogen-bond donors (Lipinski definition) is 4. The third-order valence-electron chi connectivity index (χ3n) is 4.04. The Kier molecular flexibility index (Phi) is 5.59. The van der Waals surface area contributed by atoms with E-state index in [1.54, 1.807) is 0 Å². The standard InChI is InChI=1S/C15H22N4O3S/c1-3-9-4-5-11-10(6-9)7-12(23-11)14(21)19-18-13(20)8(2)17-15(16)22/h7-9H,3-6H2,1-2H3,(H,18,20)(H,19,21)(H3,16,17,22)/t8-,9-/m1/s1. The van der Waals surface area contributed by atoms with Gasteiger partial charge in [-0.15, -0.1) is 11.3 Å². The maximum absolute atomic E-state index is 12.1. The molecule has 1 aromatic rings. The quantitative estimate of drug-likeness (QED) is 0.616. The molecule has 0 unspecified atom stereocenters. The molecular weight excluding hydrogens is 316 g/mol. The first kappa shape index (κ1) is 17.3. The van der Waals surface area contributed by atoms with Crippen molar-refractivity contribution >= 4 is 29.2 Å². The number of thiophene rings is 1. The van der Waals surface area contributed by atoms with Crippen molar-refractivity contribution in [3.8, 4) is 0 Å². The van der Waals surface area contributed by atoms with Gasteiger partial charge in [-0.3, -0.25) is 20.4 Å². The Hall–Kier alpha value is -2.09. The number of fused-ring (bicyclic) bond motifs is 1. The number of nitrogens with two attached hydrogens (primary N) is 1. The number of rotatable bonds is 4. The summed E-state index contributed by atoms with van der Waals surface area (Å²) in [5.41, 5.74) is 10.8. The second kappa shape index (κ2) is 7.45. The molecule has 0 saturated heterocycles. The summed E-state index contributed by atoms with van der Waals surface area (Å²) in [6.45, 7) is 3.66. The number of amides is 4. The van der Waals surface area contributed by atoms with Gasteiger partial charge in [-0.2, -0.15) is 0 Å². The van der Waals surface area contributed by atoms with Crippen molar-refractivity contribution in [1.29, 1.82) is 0 Å². The minimum absolute atomic E-state index is 0.350. The van der Waals surface area contributed by atoms with Crippen LogP contribution in [0.25, 0.3) is 0 Å². The topological polar surface area (TPSA) is 113 Å². The molecule has 0 fully saturated rings. The smallest absolute Gasteiger partial charge is 0.312 e. The average molecular weight is 338 g/mol. The van der Waals surface area contributed by atoms with Gasteiger partial charge in [0, 0.05) is 4.88 Å². The Balaban J connectivity index is 1.91. The minimum Gasteiger partial charge on any atom is -0.352 e. The van der Waals surface area contributed by atoms with Crippen molar-refractivity contribution in [2.24, 2.45) is 11.7 Å². The molecule has 23 heavy (non-hydrogen) atoms. The number of carbonyl (C=O) groups is 3. The van der Waals surface area contributed by atoms with Gasteiger partial charge in [0.1, 0.15) is 6.04 Å². The highest BCUT2D eigenvalue weighted by molar-refractivity contribution is 7.14. The first-order valence-corrected chi connectivity index (χ1v) is 8.50. The van der Waals surface area contributed by atoms with Gasteiger partial charge >= 0.3 is 6.03 Å². The molecule has 0 spiro atoms. The van der Waals surface area contributed by atoms with Gasteiger partial charge < -0.3 is 11.1 Å². The van der Waals surface area contributed by atoms with Gasteiger partial charge in [-0.05, 0) is 43.7 Å². The van der Waals surface area contributed by atoms with E-state index < -0.39 is 18.0 Å². The molecule has 126 valence electrons. The molecule has 2 rings (SSSR count).